The van der Waals surface area contributed by atoms with Crippen LogP contribution in [0, 0.1) is 13.8 Å². The minimum Gasteiger partial charge on any atom is -0.348 e. The Labute approximate surface area is 170 Å². The molecule has 1 N–H and O–H groups in total. The molecule has 1 aromatic heterocycles. The number of hydrogen-bond acceptors (Lipinski definition) is 3. The Bertz CT molecular complexity index is 1010. The van der Waals surface area contributed by atoms with E-state index in [1.54, 1.807) is 0 Å². The third-order valence-corrected chi connectivity index (χ3v) is 6.30. The van der Waals surface area contributed by atoms with Crippen molar-refractivity contribution in [3.05, 3.63) is 58.4 Å². The zero-order valence-electron chi connectivity index (χ0n) is 17.2. The van der Waals surface area contributed by atoms with Crippen molar-refractivity contribution >= 4 is 17.7 Å². The minimum absolute atomic E-state index is 0.197. The SMILES string of the molecule is CCCn1c(C)cc(C(=O)CN2C(=O)NC3(CCc4ccccc4C3)C2=O)c1C. The molecule has 2 aromatic rings. The maximum absolute atomic E-state index is 13.2. The van der Waals surface area contributed by atoms with Gasteiger partial charge in [-0.15, -0.1) is 0 Å². The zero-order chi connectivity index (χ0) is 20.8. The largest absolute Gasteiger partial charge is 0.348 e. The summed E-state index contributed by atoms with van der Waals surface area (Å²) in [6.45, 7) is 6.61. The highest BCUT2D eigenvalue weighted by atomic mass is 16.2. The minimum atomic E-state index is -0.926. The van der Waals surface area contributed by atoms with E-state index in [4.69, 9.17) is 0 Å². The predicted octanol–water partition coefficient (Wildman–Crippen LogP) is 3.18. The molecule has 6 heteroatoms. The Morgan fingerprint density at radius 1 is 1.17 bits per heavy atom. The van der Waals surface area contributed by atoms with Gasteiger partial charge in [0.25, 0.3) is 5.91 Å². The fraction of sp³-hybridized carbons (Fsp3) is 0.435. The molecule has 1 aromatic carbocycles. The van der Waals surface area contributed by atoms with Gasteiger partial charge >= 0.3 is 6.03 Å². The van der Waals surface area contributed by atoms with E-state index in [9.17, 15) is 14.4 Å². The number of Topliss-reactive ketones (excluding diaryl/α,β-unsaturated/α-hetero) is 1. The summed E-state index contributed by atoms with van der Waals surface area (Å²) in [7, 11) is 0. The van der Waals surface area contributed by atoms with Crippen molar-refractivity contribution in [2.45, 2.75) is 58.5 Å². The summed E-state index contributed by atoms with van der Waals surface area (Å²) in [5.74, 6) is -0.482. The third-order valence-electron chi connectivity index (χ3n) is 6.30. The van der Waals surface area contributed by atoms with Crippen molar-refractivity contribution in [1.82, 2.24) is 14.8 Å². The summed E-state index contributed by atoms with van der Waals surface area (Å²) >= 11 is 0. The van der Waals surface area contributed by atoms with Crippen molar-refractivity contribution < 1.29 is 14.4 Å². The summed E-state index contributed by atoms with van der Waals surface area (Å²) < 4.78 is 2.11. The van der Waals surface area contributed by atoms with E-state index < -0.39 is 11.6 Å². The highest BCUT2D eigenvalue weighted by molar-refractivity contribution is 6.11. The van der Waals surface area contributed by atoms with Crippen LogP contribution >= 0.6 is 0 Å². The summed E-state index contributed by atoms with van der Waals surface area (Å²) in [6, 6.07) is 9.41. The number of carbonyl (C=O) groups excluding carboxylic acids is 3. The monoisotopic (exact) mass is 393 g/mol. The lowest BCUT2D eigenvalue weighted by atomic mass is 9.78. The maximum atomic E-state index is 13.2. The lowest BCUT2D eigenvalue weighted by Gasteiger charge is -2.32. The van der Waals surface area contributed by atoms with Gasteiger partial charge in [0.05, 0.1) is 6.54 Å². The molecule has 0 radical (unpaired) electrons. The molecular weight excluding hydrogens is 366 g/mol. The van der Waals surface area contributed by atoms with Gasteiger partial charge < -0.3 is 9.88 Å². The van der Waals surface area contributed by atoms with E-state index in [1.165, 1.54) is 5.56 Å². The molecule has 2 aliphatic rings. The number of imide groups is 1. The maximum Gasteiger partial charge on any atom is 0.325 e. The Morgan fingerprint density at radius 2 is 1.90 bits per heavy atom. The Hall–Kier alpha value is -2.89. The first-order valence-corrected chi connectivity index (χ1v) is 10.3. The Kier molecular flexibility index (Phi) is 4.81. The lowest BCUT2D eigenvalue weighted by molar-refractivity contribution is -0.131. The molecule has 152 valence electrons. The second kappa shape index (κ2) is 7.17. The number of aryl methyl sites for hydroxylation is 2. The molecule has 6 nitrogen and oxygen atoms in total. The molecule has 0 saturated carbocycles. The molecule has 1 spiro atoms. The fourth-order valence-electron chi connectivity index (χ4n) is 4.72. The number of nitrogens with one attached hydrogen (secondary N) is 1. The van der Waals surface area contributed by atoms with Gasteiger partial charge in [-0.1, -0.05) is 31.2 Å². The van der Waals surface area contributed by atoms with Crippen LogP contribution in [-0.2, 0) is 24.2 Å². The fourth-order valence-corrected chi connectivity index (χ4v) is 4.72. The van der Waals surface area contributed by atoms with Crippen LogP contribution in [0.25, 0.3) is 0 Å². The molecule has 4 rings (SSSR count). The van der Waals surface area contributed by atoms with Crippen LogP contribution in [0.15, 0.2) is 30.3 Å². The van der Waals surface area contributed by atoms with E-state index in [-0.39, 0.29) is 18.2 Å². The molecular formula is C23H27N3O3. The number of nitrogens with zero attached hydrogens (tertiary/aromatic N) is 2. The first kappa shape index (κ1) is 19.4. The number of aromatic nitrogens is 1. The molecule has 2 heterocycles. The van der Waals surface area contributed by atoms with Gasteiger partial charge in [0.15, 0.2) is 5.78 Å². The topological polar surface area (TPSA) is 71.4 Å². The van der Waals surface area contributed by atoms with E-state index in [0.29, 0.717) is 18.4 Å². The summed E-state index contributed by atoms with van der Waals surface area (Å²) in [5.41, 5.74) is 3.88. The number of hydrogen-bond donors (Lipinski definition) is 1. The van der Waals surface area contributed by atoms with Crippen LogP contribution < -0.4 is 5.32 Å². The smallest absolute Gasteiger partial charge is 0.325 e. The number of amides is 3. The molecule has 1 aliphatic carbocycles. The average molecular weight is 393 g/mol. The standard InChI is InChI=1S/C23H27N3O3/c1-4-11-25-15(2)12-19(16(25)3)20(27)14-26-21(28)23(24-22(26)29)10-9-17-7-5-6-8-18(17)13-23/h5-8,12H,4,9-11,13-14H2,1-3H3,(H,24,29). The number of ketones is 1. The van der Waals surface area contributed by atoms with Gasteiger partial charge in [-0.25, -0.2) is 4.79 Å². The van der Waals surface area contributed by atoms with Crippen molar-refractivity contribution in [2.24, 2.45) is 0 Å². The van der Waals surface area contributed by atoms with Crippen molar-refractivity contribution in [1.29, 1.82) is 0 Å². The molecule has 0 bridgehead atoms. The summed E-state index contributed by atoms with van der Waals surface area (Å²) in [6.07, 6.45) is 2.75. The average Bonchev–Trinajstić information content (AvgIpc) is 3.11. The highest BCUT2D eigenvalue weighted by Crippen LogP contribution is 2.33. The summed E-state index contributed by atoms with van der Waals surface area (Å²) in [4.78, 5) is 39.9. The molecule has 29 heavy (non-hydrogen) atoms. The van der Waals surface area contributed by atoms with E-state index in [1.807, 2.05) is 38.1 Å². The predicted molar refractivity (Wildman–Crippen MR) is 110 cm³/mol. The van der Waals surface area contributed by atoms with Crippen molar-refractivity contribution in [3.63, 3.8) is 0 Å². The molecule has 1 fully saturated rings. The second-order valence-corrected chi connectivity index (χ2v) is 8.21. The van der Waals surface area contributed by atoms with Gasteiger partial charge in [0.2, 0.25) is 0 Å². The van der Waals surface area contributed by atoms with Crippen LogP contribution in [0.4, 0.5) is 4.79 Å². The number of rotatable bonds is 5. The third kappa shape index (κ3) is 3.16. The van der Waals surface area contributed by atoms with E-state index in [0.717, 1.165) is 41.2 Å². The molecule has 3 amide bonds. The number of carbonyl (C=O) groups is 3. The second-order valence-electron chi connectivity index (χ2n) is 8.21. The van der Waals surface area contributed by atoms with Gasteiger partial charge in [0.1, 0.15) is 5.54 Å². The highest BCUT2D eigenvalue weighted by Gasteiger charge is 2.52. The van der Waals surface area contributed by atoms with Crippen LogP contribution in [0.2, 0.25) is 0 Å². The van der Waals surface area contributed by atoms with Gasteiger partial charge in [-0.3, -0.25) is 14.5 Å². The lowest BCUT2D eigenvalue weighted by Crippen LogP contribution is -2.51. The number of benzene rings is 1. The number of urea groups is 1. The molecule has 1 unspecified atom stereocenters. The first-order chi connectivity index (χ1) is 13.9. The van der Waals surface area contributed by atoms with Crippen LogP contribution in [0.3, 0.4) is 0 Å². The molecule has 1 aliphatic heterocycles. The number of fused-ring (bicyclic) bond motifs is 1. The van der Waals surface area contributed by atoms with Gasteiger partial charge in [-0.05, 0) is 50.3 Å². The van der Waals surface area contributed by atoms with Crippen molar-refractivity contribution in [3.8, 4) is 0 Å². The zero-order valence-corrected chi connectivity index (χ0v) is 17.2. The van der Waals surface area contributed by atoms with Crippen LogP contribution in [-0.4, -0.2) is 39.3 Å². The van der Waals surface area contributed by atoms with E-state index >= 15 is 0 Å². The normalized spacial score (nSPS) is 20.9. The Morgan fingerprint density at radius 3 is 2.62 bits per heavy atom. The van der Waals surface area contributed by atoms with Crippen LogP contribution in [0.5, 0.6) is 0 Å². The van der Waals surface area contributed by atoms with E-state index in [2.05, 4.69) is 22.9 Å². The first-order valence-electron chi connectivity index (χ1n) is 10.3. The quantitative estimate of drug-likeness (QED) is 0.626. The van der Waals surface area contributed by atoms with Crippen LogP contribution in [0.1, 0.15) is 52.6 Å². The molecule has 1 saturated heterocycles. The summed E-state index contributed by atoms with van der Waals surface area (Å²) in [5, 5.41) is 2.90. The van der Waals surface area contributed by atoms with Crippen molar-refractivity contribution in [2.75, 3.05) is 6.54 Å². The molecule has 1 atom stereocenters. The van der Waals surface area contributed by atoms with Gasteiger partial charge in [-0.2, -0.15) is 0 Å². The Balaban J connectivity index is 1.55. The van der Waals surface area contributed by atoms with Gasteiger partial charge in [0, 0.05) is 29.9 Å².